The second kappa shape index (κ2) is 7.86. The van der Waals surface area contributed by atoms with Gasteiger partial charge in [0, 0.05) is 11.9 Å². The van der Waals surface area contributed by atoms with Crippen molar-refractivity contribution in [3.05, 3.63) is 94.3 Å². The van der Waals surface area contributed by atoms with E-state index < -0.39 is 11.9 Å². The number of anilines is 1. The SMILES string of the molecule is Cc1ccnc2c(C(=O)N[C@H](C)c3nc4ccccc4c(=O)n3-c3ccccc3)c(N)nn12. The molecule has 9 heteroatoms. The van der Waals surface area contributed by atoms with Gasteiger partial charge in [0.25, 0.3) is 11.5 Å². The fourth-order valence-electron chi connectivity index (χ4n) is 3.90. The van der Waals surface area contributed by atoms with Crippen LogP contribution >= 0.6 is 0 Å². The number of amides is 1. The van der Waals surface area contributed by atoms with Crippen molar-refractivity contribution in [2.24, 2.45) is 0 Å². The first-order chi connectivity index (χ1) is 16.0. The van der Waals surface area contributed by atoms with Gasteiger partial charge in [0.15, 0.2) is 11.5 Å². The highest BCUT2D eigenvalue weighted by atomic mass is 16.2. The minimum Gasteiger partial charge on any atom is -0.381 e. The topological polar surface area (TPSA) is 120 Å². The monoisotopic (exact) mass is 439 g/mol. The van der Waals surface area contributed by atoms with E-state index in [4.69, 9.17) is 10.7 Å². The number of nitrogen functional groups attached to an aromatic ring is 1. The van der Waals surface area contributed by atoms with E-state index in [1.165, 1.54) is 9.08 Å². The lowest BCUT2D eigenvalue weighted by molar-refractivity contribution is 0.0940. The number of nitrogens with two attached hydrogens (primary N) is 1. The standard InChI is InChI=1S/C24H21N7O2/c1-14-12-13-26-22-19(20(25)29-31(14)22)23(32)27-15(2)21-28-18-11-7-6-10-17(18)24(33)30(21)16-8-4-3-5-9-16/h3-13,15H,1-2H3,(H2,25,29)(H,27,32)/t15-/m1/s1. The van der Waals surface area contributed by atoms with E-state index in [9.17, 15) is 9.59 Å². The molecule has 0 saturated carbocycles. The molecule has 5 aromatic rings. The molecule has 3 N–H and O–H groups in total. The van der Waals surface area contributed by atoms with E-state index >= 15 is 0 Å². The van der Waals surface area contributed by atoms with Gasteiger partial charge < -0.3 is 11.1 Å². The summed E-state index contributed by atoms with van der Waals surface area (Å²) >= 11 is 0. The van der Waals surface area contributed by atoms with Crippen LogP contribution in [0.4, 0.5) is 5.82 Å². The lowest BCUT2D eigenvalue weighted by Crippen LogP contribution is -2.33. The van der Waals surface area contributed by atoms with Crippen LogP contribution < -0.4 is 16.6 Å². The largest absolute Gasteiger partial charge is 0.381 e. The normalized spacial score (nSPS) is 12.2. The zero-order chi connectivity index (χ0) is 23.1. The predicted octanol–water partition coefficient (Wildman–Crippen LogP) is 2.81. The smallest absolute Gasteiger partial charge is 0.266 e. The summed E-state index contributed by atoms with van der Waals surface area (Å²) in [5.41, 5.74) is 8.40. The first kappa shape index (κ1) is 20.4. The summed E-state index contributed by atoms with van der Waals surface area (Å²) in [7, 11) is 0. The molecular formula is C24H21N7O2. The number of fused-ring (bicyclic) bond motifs is 2. The Morgan fingerprint density at radius 1 is 1.06 bits per heavy atom. The average Bonchev–Trinajstić information content (AvgIpc) is 3.17. The summed E-state index contributed by atoms with van der Waals surface area (Å²) in [6.07, 6.45) is 1.60. The highest BCUT2D eigenvalue weighted by Gasteiger charge is 2.24. The molecule has 164 valence electrons. The van der Waals surface area contributed by atoms with E-state index in [-0.39, 0.29) is 16.9 Å². The lowest BCUT2D eigenvalue weighted by Gasteiger charge is -2.19. The molecule has 0 saturated heterocycles. The molecule has 0 aliphatic carbocycles. The van der Waals surface area contributed by atoms with Crippen LogP contribution in [0.5, 0.6) is 0 Å². The van der Waals surface area contributed by atoms with Crippen molar-refractivity contribution >= 4 is 28.3 Å². The van der Waals surface area contributed by atoms with Crippen LogP contribution in [-0.4, -0.2) is 30.1 Å². The molecule has 1 amide bonds. The van der Waals surface area contributed by atoms with Gasteiger partial charge in [-0.05, 0) is 44.2 Å². The molecule has 0 aliphatic heterocycles. The Labute approximate surface area is 188 Å². The minimum atomic E-state index is -0.617. The number of carbonyl (C=O) groups is 1. The van der Waals surface area contributed by atoms with Gasteiger partial charge in [-0.1, -0.05) is 30.3 Å². The van der Waals surface area contributed by atoms with Crippen LogP contribution in [0.3, 0.4) is 0 Å². The third-order valence-corrected chi connectivity index (χ3v) is 5.51. The maximum Gasteiger partial charge on any atom is 0.266 e. The molecule has 2 aromatic carbocycles. The second-order valence-corrected chi connectivity index (χ2v) is 7.74. The van der Waals surface area contributed by atoms with Crippen molar-refractivity contribution in [2.45, 2.75) is 19.9 Å². The highest BCUT2D eigenvalue weighted by molar-refractivity contribution is 6.04. The van der Waals surface area contributed by atoms with Crippen molar-refractivity contribution < 1.29 is 4.79 Å². The Morgan fingerprint density at radius 3 is 2.58 bits per heavy atom. The molecule has 3 aromatic heterocycles. The van der Waals surface area contributed by atoms with Crippen LogP contribution in [0.25, 0.3) is 22.2 Å². The van der Waals surface area contributed by atoms with E-state index in [0.29, 0.717) is 28.1 Å². The molecule has 0 fully saturated rings. The predicted molar refractivity (Wildman–Crippen MR) is 125 cm³/mol. The third-order valence-electron chi connectivity index (χ3n) is 5.51. The number of para-hydroxylation sites is 2. The Balaban J connectivity index is 1.61. The lowest BCUT2D eigenvalue weighted by atomic mass is 10.2. The molecule has 0 unspecified atom stereocenters. The summed E-state index contributed by atoms with van der Waals surface area (Å²) in [6.45, 7) is 3.62. The molecule has 9 nitrogen and oxygen atoms in total. The number of hydrogen-bond donors (Lipinski definition) is 2. The van der Waals surface area contributed by atoms with Crippen LogP contribution in [0, 0.1) is 6.92 Å². The van der Waals surface area contributed by atoms with E-state index in [0.717, 1.165) is 5.69 Å². The number of nitrogens with zero attached hydrogens (tertiary/aromatic N) is 5. The Kier molecular flexibility index (Phi) is 4.86. The van der Waals surface area contributed by atoms with Gasteiger partial charge in [-0.3, -0.25) is 14.2 Å². The minimum absolute atomic E-state index is 0.0772. The van der Waals surface area contributed by atoms with Gasteiger partial charge >= 0.3 is 0 Å². The summed E-state index contributed by atoms with van der Waals surface area (Å²) in [5.74, 6) is 0.0287. The molecule has 5 rings (SSSR count). The van der Waals surface area contributed by atoms with E-state index in [1.807, 2.05) is 43.3 Å². The Bertz CT molecular complexity index is 1570. The summed E-state index contributed by atoms with van der Waals surface area (Å²) in [4.78, 5) is 35.6. The number of nitrogens with one attached hydrogen (secondary N) is 1. The summed E-state index contributed by atoms with van der Waals surface area (Å²) in [6, 6.07) is 17.5. The maximum absolute atomic E-state index is 13.4. The van der Waals surface area contributed by atoms with Gasteiger partial charge in [-0.25, -0.2) is 14.5 Å². The summed E-state index contributed by atoms with van der Waals surface area (Å²) in [5, 5.41) is 7.65. The van der Waals surface area contributed by atoms with Crippen LogP contribution in [-0.2, 0) is 0 Å². The van der Waals surface area contributed by atoms with Gasteiger partial charge in [-0.15, -0.1) is 5.10 Å². The second-order valence-electron chi connectivity index (χ2n) is 7.74. The van der Waals surface area contributed by atoms with Gasteiger partial charge in [0.1, 0.15) is 11.4 Å². The van der Waals surface area contributed by atoms with Crippen molar-refractivity contribution in [3.8, 4) is 5.69 Å². The number of benzene rings is 2. The first-order valence-electron chi connectivity index (χ1n) is 10.4. The fraction of sp³-hybridized carbons (Fsp3) is 0.125. The van der Waals surface area contributed by atoms with Gasteiger partial charge in [0.2, 0.25) is 0 Å². The Morgan fingerprint density at radius 2 is 1.79 bits per heavy atom. The molecule has 0 aliphatic rings. The maximum atomic E-state index is 13.4. The van der Waals surface area contributed by atoms with Crippen LogP contribution in [0.1, 0.15) is 34.8 Å². The van der Waals surface area contributed by atoms with Gasteiger partial charge in [-0.2, -0.15) is 0 Å². The average molecular weight is 439 g/mol. The summed E-state index contributed by atoms with van der Waals surface area (Å²) < 4.78 is 3.05. The number of aromatic nitrogens is 5. The van der Waals surface area contributed by atoms with Gasteiger partial charge in [0.05, 0.1) is 22.6 Å². The first-order valence-corrected chi connectivity index (χ1v) is 10.4. The number of rotatable bonds is 4. The van der Waals surface area contributed by atoms with E-state index in [2.05, 4.69) is 15.4 Å². The zero-order valence-corrected chi connectivity index (χ0v) is 18.1. The quantitative estimate of drug-likeness (QED) is 0.444. The van der Waals surface area contributed by atoms with Crippen molar-refractivity contribution in [2.75, 3.05) is 5.73 Å². The molecule has 1 atom stereocenters. The van der Waals surface area contributed by atoms with Crippen molar-refractivity contribution in [1.29, 1.82) is 0 Å². The fourth-order valence-corrected chi connectivity index (χ4v) is 3.90. The zero-order valence-electron chi connectivity index (χ0n) is 18.1. The van der Waals surface area contributed by atoms with Crippen LogP contribution in [0.15, 0.2) is 71.7 Å². The molecule has 0 radical (unpaired) electrons. The molecule has 0 spiro atoms. The third kappa shape index (κ3) is 3.39. The molecule has 33 heavy (non-hydrogen) atoms. The van der Waals surface area contributed by atoms with Crippen molar-refractivity contribution in [3.63, 3.8) is 0 Å². The van der Waals surface area contributed by atoms with Crippen LogP contribution in [0.2, 0.25) is 0 Å². The van der Waals surface area contributed by atoms with E-state index in [1.54, 1.807) is 37.4 Å². The Hall–Kier alpha value is -4.53. The molecular weight excluding hydrogens is 418 g/mol. The highest BCUT2D eigenvalue weighted by Crippen LogP contribution is 2.21. The molecule has 0 bridgehead atoms. The number of aryl methyl sites for hydroxylation is 1. The molecule has 3 heterocycles. The number of carbonyl (C=O) groups excluding carboxylic acids is 1. The number of hydrogen-bond acceptors (Lipinski definition) is 6. The van der Waals surface area contributed by atoms with Crippen molar-refractivity contribution in [1.82, 2.24) is 29.5 Å².